The zero-order chi connectivity index (χ0) is 17.6. The molecule has 0 aliphatic rings. The van der Waals surface area contributed by atoms with Crippen LogP contribution in [0.15, 0.2) is 65.6 Å². The molecule has 0 aliphatic heterocycles. The molecule has 6 nitrogen and oxygen atoms in total. The molecule has 0 radical (unpaired) electrons. The highest BCUT2D eigenvalue weighted by atomic mass is 16.5. The van der Waals surface area contributed by atoms with E-state index in [9.17, 15) is 9.59 Å². The number of carbonyl (C=O) groups is 2. The number of amides is 1. The van der Waals surface area contributed by atoms with Crippen molar-refractivity contribution in [3.8, 4) is 11.3 Å². The number of nitrogens with zero attached hydrogens (tertiary/aromatic N) is 1. The van der Waals surface area contributed by atoms with E-state index in [4.69, 9.17) is 4.42 Å². The van der Waals surface area contributed by atoms with E-state index in [1.807, 2.05) is 18.2 Å². The Balaban J connectivity index is 1.59. The summed E-state index contributed by atoms with van der Waals surface area (Å²) in [4.78, 5) is 27.9. The molecule has 0 aliphatic carbocycles. The first kappa shape index (κ1) is 16.4. The van der Waals surface area contributed by atoms with Gasteiger partial charge in [0.1, 0.15) is 0 Å². The maximum absolute atomic E-state index is 12.2. The second kappa shape index (κ2) is 7.44. The van der Waals surface area contributed by atoms with E-state index in [0.717, 1.165) is 16.8 Å². The van der Waals surface area contributed by atoms with E-state index in [0.29, 0.717) is 17.7 Å². The summed E-state index contributed by atoms with van der Waals surface area (Å²) in [7, 11) is 1.31. The molecule has 0 saturated heterocycles. The molecular formula is C19H16N2O4. The third kappa shape index (κ3) is 3.92. The van der Waals surface area contributed by atoms with Crippen LogP contribution in [0, 0.1) is 0 Å². The standard InChI is InChI=1S/C19H16N2O4/c1-24-19(23)15-5-3-14(4-6-15)18(22)21-11-13-2-7-17(20-10-13)16-8-9-25-12-16/h2-10,12H,11H2,1H3,(H,21,22). The van der Waals surface area contributed by atoms with Crippen LogP contribution in [0.4, 0.5) is 0 Å². The summed E-state index contributed by atoms with van der Waals surface area (Å²) in [5.41, 5.74) is 3.46. The number of carbonyl (C=O) groups excluding carboxylic acids is 2. The third-order valence-corrected chi connectivity index (χ3v) is 3.66. The van der Waals surface area contributed by atoms with Gasteiger partial charge in [-0.1, -0.05) is 6.07 Å². The smallest absolute Gasteiger partial charge is 0.337 e. The third-order valence-electron chi connectivity index (χ3n) is 3.66. The van der Waals surface area contributed by atoms with Crippen molar-refractivity contribution >= 4 is 11.9 Å². The molecule has 2 aromatic heterocycles. The van der Waals surface area contributed by atoms with E-state index >= 15 is 0 Å². The van der Waals surface area contributed by atoms with Crippen LogP contribution >= 0.6 is 0 Å². The molecule has 0 saturated carbocycles. The number of ether oxygens (including phenoxy) is 1. The molecule has 3 rings (SSSR count). The Morgan fingerprint density at radius 2 is 1.84 bits per heavy atom. The summed E-state index contributed by atoms with van der Waals surface area (Å²) < 4.78 is 9.66. The van der Waals surface area contributed by atoms with Crippen LogP contribution in [0.25, 0.3) is 11.3 Å². The van der Waals surface area contributed by atoms with Gasteiger partial charge in [-0.3, -0.25) is 9.78 Å². The number of furan rings is 1. The molecule has 1 aromatic carbocycles. The van der Waals surface area contributed by atoms with Crippen LogP contribution in [0.3, 0.4) is 0 Å². The normalized spacial score (nSPS) is 10.3. The van der Waals surface area contributed by atoms with Crippen molar-refractivity contribution < 1.29 is 18.7 Å². The molecule has 0 fully saturated rings. The monoisotopic (exact) mass is 336 g/mol. The van der Waals surface area contributed by atoms with Gasteiger partial charge in [-0.2, -0.15) is 0 Å². The van der Waals surface area contributed by atoms with Crippen LogP contribution in [0.5, 0.6) is 0 Å². The van der Waals surface area contributed by atoms with Crippen molar-refractivity contribution in [1.82, 2.24) is 10.3 Å². The first-order valence-electron chi connectivity index (χ1n) is 7.61. The van der Waals surface area contributed by atoms with Gasteiger partial charge in [0.2, 0.25) is 0 Å². The highest BCUT2D eigenvalue weighted by molar-refractivity contribution is 5.96. The predicted molar refractivity (Wildman–Crippen MR) is 90.9 cm³/mol. The van der Waals surface area contributed by atoms with Crippen LogP contribution in [-0.4, -0.2) is 24.0 Å². The number of methoxy groups -OCH3 is 1. The lowest BCUT2D eigenvalue weighted by molar-refractivity contribution is 0.0600. The van der Waals surface area contributed by atoms with Gasteiger partial charge in [-0.05, 0) is 42.0 Å². The number of hydrogen-bond acceptors (Lipinski definition) is 5. The molecule has 25 heavy (non-hydrogen) atoms. The predicted octanol–water partition coefficient (Wildman–Crippen LogP) is 3.06. The van der Waals surface area contributed by atoms with E-state index in [1.165, 1.54) is 7.11 Å². The van der Waals surface area contributed by atoms with Crippen LogP contribution in [-0.2, 0) is 11.3 Å². The highest BCUT2D eigenvalue weighted by Gasteiger charge is 2.09. The maximum Gasteiger partial charge on any atom is 0.337 e. The first-order valence-corrected chi connectivity index (χ1v) is 7.61. The van der Waals surface area contributed by atoms with E-state index in [2.05, 4.69) is 15.0 Å². The minimum absolute atomic E-state index is 0.227. The Labute approximate surface area is 144 Å². The summed E-state index contributed by atoms with van der Waals surface area (Å²) in [6, 6.07) is 11.9. The lowest BCUT2D eigenvalue weighted by atomic mass is 10.1. The molecule has 3 aromatic rings. The number of nitrogens with one attached hydrogen (secondary N) is 1. The summed E-state index contributed by atoms with van der Waals surface area (Å²) >= 11 is 0. The van der Waals surface area contributed by atoms with Gasteiger partial charge in [0, 0.05) is 23.9 Å². The summed E-state index contributed by atoms with van der Waals surface area (Å²) in [5, 5.41) is 2.82. The Morgan fingerprint density at radius 1 is 1.08 bits per heavy atom. The number of pyridine rings is 1. The molecule has 0 bridgehead atoms. The molecule has 126 valence electrons. The summed E-state index contributed by atoms with van der Waals surface area (Å²) in [5.74, 6) is -0.661. The minimum Gasteiger partial charge on any atom is -0.472 e. The molecule has 0 atom stereocenters. The molecule has 1 amide bonds. The lowest BCUT2D eigenvalue weighted by Crippen LogP contribution is -2.22. The maximum atomic E-state index is 12.2. The number of esters is 1. The Hall–Kier alpha value is -3.41. The second-order valence-electron chi connectivity index (χ2n) is 5.32. The van der Waals surface area contributed by atoms with Crippen LogP contribution in [0.2, 0.25) is 0 Å². The number of benzene rings is 1. The first-order chi connectivity index (χ1) is 12.2. The quantitative estimate of drug-likeness (QED) is 0.724. The van der Waals surface area contributed by atoms with Gasteiger partial charge < -0.3 is 14.5 Å². The fourth-order valence-corrected chi connectivity index (χ4v) is 2.27. The Kier molecular flexibility index (Phi) is 4.89. The summed E-state index contributed by atoms with van der Waals surface area (Å²) in [6.07, 6.45) is 4.93. The fraction of sp³-hybridized carbons (Fsp3) is 0.105. The Bertz CT molecular complexity index is 853. The highest BCUT2D eigenvalue weighted by Crippen LogP contribution is 2.17. The molecule has 0 spiro atoms. The number of rotatable bonds is 5. The van der Waals surface area contributed by atoms with Gasteiger partial charge in [0.05, 0.1) is 30.9 Å². The van der Waals surface area contributed by atoms with Gasteiger partial charge in [-0.15, -0.1) is 0 Å². The van der Waals surface area contributed by atoms with Gasteiger partial charge >= 0.3 is 5.97 Å². The topological polar surface area (TPSA) is 81.4 Å². The van der Waals surface area contributed by atoms with Crippen molar-refractivity contribution in [3.05, 3.63) is 77.9 Å². The minimum atomic E-state index is -0.434. The average molecular weight is 336 g/mol. The molecule has 0 unspecified atom stereocenters. The average Bonchev–Trinajstić information content (AvgIpc) is 3.21. The zero-order valence-electron chi connectivity index (χ0n) is 13.6. The second-order valence-corrected chi connectivity index (χ2v) is 5.32. The zero-order valence-corrected chi connectivity index (χ0v) is 13.6. The number of hydrogen-bond donors (Lipinski definition) is 1. The molecule has 6 heteroatoms. The molecular weight excluding hydrogens is 320 g/mol. The van der Waals surface area contributed by atoms with Gasteiger partial charge in [0.25, 0.3) is 5.91 Å². The van der Waals surface area contributed by atoms with Crippen LogP contribution < -0.4 is 5.32 Å². The van der Waals surface area contributed by atoms with Crippen LogP contribution in [0.1, 0.15) is 26.3 Å². The van der Waals surface area contributed by atoms with Crippen molar-refractivity contribution in [2.24, 2.45) is 0 Å². The van der Waals surface area contributed by atoms with E-state index in [-0.39, 0.29) is 5.91 Å². The Morgan fingerprint density at radius 3 is 2.44 bits per heavy atom. The summed E-state index contributed by atoms with van der Waals surface area (Å²) in [6.45, 7) is 0.357. The number of aromatic nitrogens is 1. The fourth-order valence-electron chi connectivity index (χ4n) is 2.27. The largest absolute Gasteiger partial charge is 0.472 e. The van der Waals surface area contributed by atoms with E-state index < -0.39 is 5.97 Å². The van der Waals surface area contributed by atoms with E-state index in [1.54, 1.807) is 43.0 Å². The SMILES string of the molecule is COC(=O)c1ccc(C(=O)NCc2ccc(-c3ccoc3)nc2)cc1. The van der Waals surface area contributed by atoms with Crippen molar-refractivity contribution in [2.45, 2.75) is 6.54 Å². The van der Waals surface area contributed by atoms with Crippen molar-refractivity contribution in [1.29, 1.82) is 0 Å². The lowest BCUT2D eigenvalue weighted by Gasteiger charge is -2.06. The van der Waals surface area contributed by atoms with Crippen molar-refractivity contribution in [2.75, 3.05) is 7.11 Å². The molecule has 1 N–H and O–H groups in total. The van der Waals surface area contributed by atoms with Gasteiger partial charge in [0.15, 0.2) is 0 Å². The van der Waals surface area contributed by atoms with Crippen molar-refractivity contribution in [3.63, 3.8) is 0 Å². The van der Waals surface area contributed by atoms with Gasteiger partial charge in [-0.25, -0.2) is 4.79 Å². The molecule has 2 heterocycles.